The SMILES string of the molecule is CCCc1ccc(O)c(N)c1C1CCCCC1. The van der Waals surface area contributed by atoms with Crippen molar-refractivity contribution in [2.75, 3.05) is 5.73 Å². The van der Waals surface area contributed by atoms with Crippen LogP contribution in [-0.2, 0) is 6.42 Å². The number of anilines is 1. The Balaban J connectivity index is 2.36. The lowest BCUT2D eigenvalue weighted by atomic mass is 9.80. The Morgan fingerprint density at radius 2 is 1.94 bits per heavy atom. The van der Waals surface area contributed by atoms with E-state index < -0.39 is 0 Å². The summed E-state index contributed by atoms with van der Waals surface area (Å²) in [6.45, 7) is 2.19. The summed E-state index contributed by atoms with van der Waals surface area (Å²) in [5, 5.41) is 9.80. The number of aromatic hydroxyl groups is 1. The molecule has 1 fully saturated rings. The van der Waals surface area contributed by atoms with Gasteiger partial charge in [-0.15, -0.1) is 0 Å². The number of rotatable bonds is 3. The van der Waals surface area contributed by atoms with E-state index in [1.165, 1.54) is 43.2 Å². The van der Waals surface area contributed by atoms with E-state index in [1.54, 1.807) is 6.07 Å². The van der Waals surface area contributed by atoms with Crippen LogP contribution >= 0.6 is 0 Å². The highest BCUT2D eigenvalue weighted by atomic mass is 16.3. The van der Waals surface area contributed by atoms with Crippen LogP contribution in [0.25, 0.3) is 0 Å². The molecule has 1 aliphatic rings. The van der Waals surface area contributed by atoms with E-state index in [2.05, 4.69) is 13.0 Å². The highest BCUT2D eigenvalue weighted by Crippen LogP contribution is 2.40. The molecule has 1 aliphatic carbocycles. The minimum atomic E-state index is 0.255. The molecule has 3 N–H and O–H groups in total. The highest BCUT2D eigenvalue weighted by Gasteiger charge is 2.21. The third-order valence-corrected chi connectivity index (χ3v) is 3.89. The Bertz CT molecular complexity index is 381. The predicted molar refractivity (Wildman–Crippen MR) is 72.3 cm³/mol. The maximum Gasteiger partial charge on any atom is 0.138 e. The Morgan fingerprint density at radius 3 is 2.59 bits per heavy atom. The fraction of sp³-hybridized carbons (Fsp3) is 0.600. The van der Waals surface area contributed by atoms with E-state index in [4.69, 9.17) is 5.73 Å². The lowest BCUT2D eigenvalue weighted by molar-refractivity contribution is 0.438. The summed E-state index contributed by atoms with van der Waals surface area (Å²) in [4.78, 5) is 0. The molecule has 2 nitrogen and oxygen atoms in total. The fourth-order valence-electron chi connectivity index (χ4n) is 3.03. The first kappa shape index (κ1) is 12.3. The van der Waals surface area contributed by atoms with Crippen molar-refractivity contribution in [1.29, 1.82) is 0 Å². The number of nitrogens with two attached hydrogens (primary N) is 1. The standard InChI is InChI=1S/C15H23NO/c1-2-6-11-9-10-13(17)15(16)14(11)12-7-4-3-5-8-12/h9-10,12,17H,2-8,16H2,1H3. The fourth-order valence-corrected chi connectivity index (χ4v) is 3.03. The molecule has 0 saturated heterocycles. The lowest BCUT2D eigenvalue weighted by Crippen LogP contribution is -2.10. The van der Waals surface area contributed by atoms with E-state index in [-0.39, 0.29) is 5.75 Å². The molecule has 0 unspecified atom stereocenters. The van der Waals surface area contributed by atoms with Gasteiger partial charge in [-0.05, 0) is 42.4 Å². The smallest absolute Gasteiger partial charge is 0.138 e. The summed E-state index contributed by atoms with van der Waals surface area (Å²) in [5.41, 5.74) is 9.31. The molecule has 2 heteroatoms. The second-order valence-electron chi connectivity index (χ2n) is 5.16. The number of phenolic OH excluding ortho intramolecular Hbond substituents is 1. The molecule has 0 radical (unpaired) electrons. The number of hydrogen-bond acceptors (Lipinski definition) is 2. The van der Waals surface area contributed by atoms with Gasteiger partial charge in [0.1, 0.15) is 5.75 Å². The molecule has 17 heavy (non-hydrogen) atoms. The van der Waals surface area contributed by atoms with Crippen LogP contribution in [0.1, 0.15) is 62.5 Å². The normalized spacial score (nSPS) is 17.2. The number of aryl methyl sites for hydroxylation is 1. The molecule has 0 heterocycles. The molecular formula is C15H23NO. The highest BCUT2D eigenvalue weighted by molar-refractivity contribution is 5.62. The average molecular weight is 233 g/mol. The summed E-state index contributed by atoms with van der Waals surface area (Å²) >= 11 is 0. The summed E-state index contributed by atoms with van der Waals surface area (Å²) in [7, 11) is 0. The molecule has 94 valence electrons. The van der Waals surface area contributed by atoms with Crippen molar-refractivity contribution in [3.8, 4) is 5.75 Å². The summed E-state index contributed by atoms with van der Waals surface area (Å²) in [6, 6.07) is 3.80. The topological polar surface area (TPSA) is 46.2 Å². The summed E-state index contributed by atoms with van der Waals surface area (Å²) in [5.74, 6) is 0.822. The van der Waals surface area contributed by atoms with Crippen LogP contribution in [0.2, 0.25) is 0 Å². The van der Waals surface area contributed by atoms with Gasteiger partial charge >= 0.3 is 0 Å². The minimum absolute atomic E-state index is 0.255. The van der Waals surface area contributed by atoms with Gasteiger partial charge in [-0.1, -0.05) is 38.7 Å². The average Bonchev–Trinajstić information content (AvgIpc) is 2.36. The van der Waals surface area contributed by atoms with Gasteiger partial charge in [0, 0.05) is 0 Å². The Labute approximate surface area is 104 Å². The van der Waals surface area contributed by atoms with Gasteiger partial charge in [0.2, 0.25) is 0 Å². The molecule has 1 saturated carbocycles. The Morgan fingerprint density at radius 1 is 1.24 bits per heavy atom. The van der Waals surface area contributed by atoms with Gasteiger partial charge in [0.25, 0.3) is 0 Å². The molecule has 0 bridgehead atoms. The molecule has 0 aromatic heterocycles. The van der Waals surface area contributed by atoms with Crippen molar-refractivity contribution in [3.63, 3.8) is 0 Å². The van der Waals surface area contributed by atoms with Crippen molar-refractivity contribution < 1.29 is 5.11 Å². The molecule has 0 aliphatic heterocycles. The predicted octanol–water partition coefficient (Wildman–Crippen LogP) is 3.97. The van der Waals surface area contributed by atoms with Crippen molar-refractivity contribution in [1.82, 2.24) is 0 Å². The van der Waals surface area contributed by atoms with E-state index in [9.17, 15) is 5.11 Å². The van der Waals surface area contributed by atoms with Gasteiger partial charge in [0.05, 0.1) is 5.69 Å². The first-order valence-electron chi connectivity index (χ1n) is 6.84. The van der Waals surface area contributed by atoms with Crippen LogP contribution in [0.5, 0.6) is 5.75 Å². The van der Waals surface area contributed by atoms with Crippen LogP contribution in [0.3, 0.4) is 0 Å². The first-order chi connectivity index (χ1) is 8.24. The van der Waals surface area contributed by atoms with Gasteiger partial charge in [-0.25, -0.2) is 0 Å². The molecule has 0 amide bonds. The third kappa shape index (κ3) is 2.56. The zero-order chi connectivity index (χ0) is 12.3. The van der Waals surface area contributed by atoms with E-state index in [0.717, 1.165) is 12.8 Å². The van der Waals surface area contributed by atoms with Gasteiger partial charge in [-0.3, -0.25) is 0 Å². The summed E-state index contributed by atoms with van der Waals surface area (Å²) < 4.78 is 0. The number of hydrogen-bond donors (Lipinski definition) is 2. The zero-order valence-corrected chi connectivity index (χ0v) is 10.7. The number of phenols is 1. The third-order valence-electron chi connectivity index (χ3n) is 3.89. The molecule has 1 aromatic rings. The van der Waals surface area contributed by atoms with Gasteiger partial charge in [-0.2, -0.15) is 0 Å². The van der Waals surface area contributed by atoms with Crippen molar-refractivity contribution >= 4 is 5.69 Å². The maximum absolute atomic E-state index is 9.80. The van der Waals surface area contributed by atoms with Gasteiger partial charge < -0.3 is 10.8 Å². The van der Waals surface area contributed by atoms with Crippen LogP contribution < -0.4 is 5.73 Å². The lowest BCUT2D eigenvalue weighted by Gasteiger charge is -2.26. The second-order valence-corrected chi connectivity index (χ2v) is 5.16. The summed E-state index contributed by atoms with van der Waals surface area (Å²) in [6.07, 6.45) is 8.59. The van der Waals surface area contributed by atoms with Crippen molar-refractivity contribution in [3.05, 3.63) is 23.3 Å². The van der Waals surface area contributed by atoms with Gasteiger partial charge in [0.15, 0.2) is 0 Å². The number of nitrogen functional groups attached to an aromatic ring is 1. The van der Waals surface area contributed by atoms with Crippen LogP contribution in [0.4, 0.5) is 5.69 Å². The Hall–Kier alpha value is -1.18. The zero-order valence-electron chi connectivity index (χ0n) is 10.7. The molecule has 2 rings (SSSR count). The minimum Gasteiger partial charge on any atom is -0.506 e. The molecule has 1 aromatic carbocycles. The number of benzene rings is 1. The van der Waals surface area contributed by atoms with Crippen molar-refractivity contribution in [2.24, 2.45) is 0 Å². The van der Waals surface area contributed by atoms with Crippen molar-refractivity contribution in [2.45, 2.75) is 57.8 Å². The quantitative estimate of drug-likeness (QED) is 0.613. The monoisotopic (exact) mass is 233 g/mol. The van der Waals surface area contributed by atoms with E-state index >= 15 is 0 Å². The largest absolute Gasteiger partial charge is 0.506 e. The van der Waals surface area contributed by atoms with E-state index in [1.807, 2.05) is 0 Å². The molecule has 0 atom stereocenters. The Kier molecular flexibility index (Phi) is 3.93. The van der Waals surface area contributed by atoms with Crippen LogP contribution in [-0.4, -0.2) is 5.11 Å². The van der Waals surface area contributed by atoms with Crippen LogP contribution in [0, 0.1) is 0 Å². The second kappa shape index (κ2) is 5.44. The van der Waals surface area contributed by atoms with E-state index in [0.29, 0.717) is 11.6 Å². The molecule has 0 spiro atoms. The maximum atomic E-state index is 9.80. The molecular weight excluding hydrogens is 210 g/mol. The first-order valence-corrected chi connectivity index (χ1v) is 6.84. The van der Waals surface area contributed by atoms with Crippen LogP contribution in [0.15, 0.2) is 12.1 Å².